The lowest BCUT2D eigenvalue weighted by Crippen LogP contribution is -2.36. The molecule has 0 unspecified atom stereocenters. The van der Waals surface area contributed by atoms with Gasteiger partial charge < -0.3 is 4.52 Å². The van der Waals surface area contributed by atoms with Crippen LogP contribution in [0.25, 0.3) is 0 Å². The molecule has 1 aromatic carbocycles. The Morgan fingerprint density at radius 3 is 2.64 bits per heavy atom. The van der Waals surface area contributed by atoms with E-state index in [9.17, 15) is 17.2 Å². The number of hydrogen-bond donors (Lipinski definition) is 0. The van der Waals surface area contributed by atoms with Crippen molar-refractivity contribution in [3.63, 3.8) is 0 Å². The summed E-state index contributed by atoms with van der Waals surface area (Å²) in [5, 5.41) is 3.64. The minimum atomic E-state index is -3.98. The molecule has 1 aromatic heterocycles. The van der Waals surface area contributed by atoms with Gasteiger partial charge >= 0.3 is 0 Å². The summed E-state index contributed by atoms with van der Waals surface area (Å²) in [6.45, 7) is 3.16. The molecule has 8 heteroatoms. The zero-order chi connectivity index (χ0) is 16.1. The minimum absolute atomic E-state index is 0.0451. The zero-order valence-electron chi connectivity index (χ0n) is 12.1. The number of rotatable bonds is 2. The van der Waals surface area contributed by atoms with Gasteiger partial charge in [0.15, 0.2) is 10.7 Å². The molecule has 2 aromatic rings. The van der Waals surface area contributed by atoms with Crippen LogP contribution in [0.4, 0.5) is 14.5 Å². The number of anilines is 1. The van der Waals surface area contributed by atoms with Crippen molar-refractivity contribution in [2.75, 3.05) is 10.8 Å². The molecule has 2 heterocycles. The quantitative estimate of drug-likeness (QED) is 0.850. The predicted octanol–water partition coefficient (Wildman–Crippen LogP) is 2.71. The fraction of sp³-hybridized carbons (Fsp3) is 0.357. The first kappa shape index (κ1) is 15.0. The van der Waals surface area contributed by atoms with Gasteiger partial charge in [-0.3, -0.25) is 4.31 Å². The van der Waals surface area contributed by atoms with Crippen LogP contribution in [-0.2, 0) is 16.4 Å². The summed E-state index contributed by atoms with van der Waals surface area (Å²) in [7, 11) is -3.98. The Kier molecular flexibility index (Phi) is 3.43. The molecule has 1 aliphatic rings. The molecule has 0 saturated heterocycles. The number of halogens is 2. The number of aryl methyl sites for hydroxylation is 2. The highest BCUT2D eigenvalue weighted by molar-refractivity contribution is 7.93. The number of benzene rings is 1. The molecular weight excluding hydrogens is 314 g/mol. The number of aromatic nitrogens is 1. The van der Waals surface area contributed by atoms with Gasteiger partial charge in [-0.1, -0.05) is 5.16 Å². The number of hydrogen-bond acceptors (Lipinski definition) is 4. The standard InChI is InChI=1S/C14H14F2N2O3S/c1-8-14(9(2)21-17-8)22(19,20)18-5-3-4-11-12(16)6-10(15)7-13(11)18/h6-7H,3-5H2,1-2H3. The Balaban J connectivity index is 2.20. The van der Waals surface area contributed by atoms with Crippen LogP contribution in [0.1, 0.15) is 23.4 Å². The van der Waals surface area contributed by atoms with Crippen molar-refractivity contribution in [1.82, 2.24) is 5.16 Å². The molecule has 0 fully saturated rings. The molecule has 0 saturated carbocycles. The van der Waals surface area contributed by atoms with Crippen molar-refractivity contribution in [2.45, 2.75) is 31.6 Å². The van der Waals surface area contributed by atoms with Crippen LogP contribution >= 0.6 is 0 Å². The molecule has 118 valence electrons. The second-order valence-corrected chi connectivity index (χ2v) is 7.02. The van der Waals surface area contributed by atoms with Crippen molar-refractivity contribution in [3.8, 4) is 0 Å². The highest BCUT2D eigenvalue weighted by atomic mass is 32.2. The normalized spacial score (nSPS) is 15.0. The van der Waals surface area contributed by atoms with Crippen LogP contribution in [0.5, 0.6) is 0 Å². The molecular formula is C14H14F2N2O3S. The summed E-state index contributed by atoms with van der Waals surface area (Å²) < 4.78 is 59.1. The Labute approximate surface area is 126 Å². The van der Waals surface area contributed by atoms with E-state index >= 15 is 0 Å². The van der Waals surface area contributed by atoms with Gasteiger partial charge in [-0.25, -0.2) is 17.2 Å². The first-order chi connectivity index (χ1) is 10.3. The summed E-state index contributed by atoms with van der Waals surface area (Å²) in [6, 6.07) is 1.82. The number of sulfonamides is 1. The van der Waals surface area contributed by atoms with Crippen LogP contribution in [0.15, 0.2) is 21.6 Å². The molecule has 0 bridgehead atoms. The molecule has 0 radical (unpaired) electrons. The Hall–Kier alpha value is -1.96. The average molecular weight is 328 g/mol. The van der Waals surface area contributed by atoms with Crippen LogP contribution < -0.4 is 4.31 Å². The molecule has 0 atom stereocenters. The van der Waals surface area contributed by atoms with E-state index in [2.05, 4.69) is 5.16 Å². The van der Waals surface area contributed by atoms with Gasteiger partial charge in [-0.05, 0) is 32.8 Å². The molecule has 3 rings (SSSR count). The van der Waals surface area contributed by atoms with Crippen LogP contribution in [-0.4, -0.2) is 20.1 Å². The van der Waals surface area contributed by atoms with Crippen molar-refractivity contribution in [3.05, 3.63) is 40.8 Å². The molecule has 5 nitrogen and oxygen atoms in total. The largest absolute Gasteiger partial charge is 0.360 e. The van der Waals surface area contributed by atoms with Gasteiger partial charge in [0.1, 0.15) is 17.3 Å². The molecule has 22 heavy (non-hydrogen) atoms. The molecule has 1 aliphatic heterocycles. The van der Waals surface area contributed by atoms with Crippen molar-refractivity contribution in [2.24, 2.45) is 0 Å². The maximum atomic E-state index is 13.9. The highest BCUT2D eigenvalue weighted by Gasteiger charge is 2.35. The molecule has 0 N–H and O–H groups in total. The Morgan fingerprint density at radius 2 is 2.00 bits per heavy atom. The summed E-state index contributed by atoms with van der Waals surface area (Å²) in [5.74, 6) is -1.38. The highest BCUT2D eigenvalue weighted by Crippen LogP contribution is 2.35. The fourth-order valence-electron chi connectivity index (χ4n) is 2.78. The molecule has 0 amide bonds. The van der Waals surface area contributed by atoms with Gasteiger partial charge in [-0.15, -0.1) is 0 Å². The Morgan fingerprint density at radius 1 is 1.27 bits per heavy atom. The summed E-state index contributed by atoms with van der Waals surface area (Å²) >= 11 is 0. The van der Waals surface area contributed by atoms with E-state index in [0.29, 0.717) is 12.8 Å². The van der Waals surface area contributed by atoms with Gasteiger partial charge in [0.2, 0.25) is 0 Å². The van der Waals surface area contributed by atoms with E-state index in [0.717, 1.165) is 16.4 Å². The van der Waals surface area contributed by atoms with Crippen LogP contribution in [0.3, 0.4) is 0 Å². The smallest absolute Gasteiger partial charge is 0.269 e. The van der Waals surface area contributed by atoms with E-state index < -0.39 is 21.7 Å². The van der Waals surface area contributed by atoms with Gasteiger partial charge in [0, 0.05) is 18.2 Å². The summed E-state index contributed by atoms with van der Waals surface area (Å²) in [4.78, 5) is -0.0509. The summed E-state index contributed by atoms with van der Waals surface area (Å²) in [6.07, 6.45) is 0.827. The lowest BCUT2D eigenvalue weighted by molar-refractivity contribution is 0.390. The van der Waals surface area contributed by atoms with Gasteiger partial charge in [0.25, 0.3) is 10.0 Å². The van der Waals surface area contributed by atoms with E-state index in [-0.39, 0.29) is 34.1 Å². The third-order valence-electron chi connectivity index (χ3n) is 3.71. The van der Waals surface area contributed by atoms with Crippen molar-refractivity contribution >= 4 is 15.7 Å². The third-order valence-corrected chi connectivity index (χ3v) is 5.77. The van der Waals surface area contributed by atoms with Crippen LogP contribution in [0.2, 0.25) is 0 Å². The van der Waals surface area contributed by atoms with E-state index in [1.165, 1.54) is 13.8 Å². The van der Waals surface area contributed by atoms with Crippen LogP contribution in [0, 0.1) is 25.5 Å². The molecule has 0 aliphatic carbocycles. The predicted molar refractivity (Wildman–Crippen MR) is 75.2 cm³/mol. The van der Waals surface area contributed by atoms with Crippen molar-refractivity contribution in [1.29, 1.82) is 0 Å². The minimum Gasteiger partial charge on any atom is -0.360 e. The fourth-order valence-corrected chi connectivity index (χ4v) is 4.61. The second kappa shape index (κ2) is 5.05. The zero-order valence-corrected chi connectivity index (χ0v) is 12.9. The van der Waals surface area contributed by atoms with E-state index in [4.69, 9.17) is 4.52 Å². The number of nitrogens with zero attached hydrogens (tertiary/aromatic N) is 2. The lowest BCUT2D eigenvalue weighted by atomic mass is 10.0. The first-order valence-electron chi connectivity index (χ1n) is 6.76. The second-order valence-electron chi connectivity index (χ2n) is 5.22. The first-order valence-corrected chi connectivity index (χ1v) is 8.20. The lowest BCUT2D eigenvalue weighted by Gasteiger charge is -2.30. The van der Waals surface area contributed by atoms with Crippen molar-refractivity contribution < 1.29 is 21.7 Å². The van der Waals surface area contributed by atoms with E-state index in [1.807, 2.05) is 0 Å². The maximum Gasteiger partial charge on any atom is 0.269 e. The third kappa shape index (κ3) is 2.18. The topological polar surface area (TPSA) is 63.4 Å². The maximum absolute atomic E-state index is 13.9. The molecule has 0 spiro atoms. The summed E-state index contributed by atoms with van der Waals surface area (Å²) in [5.41, 5.74) is 0.480. The van der Waals surface area contributed by atoms with Gasteiger partial charge in [-0.2, -0.15) is 0 Å². The average Bonchev–Trinajstić information content (AvgIpc) is 2.77. The number of fused-ring (bicyclic) bond motifs is 1. The van der Waals surface area contributed by atoms with Gasteiger partial charge in [0.05, 0.1) is 5.69 Å². The monoisotopic (exact) mass is 328 g/mol. The SMILES string of the molecule is Cc1noc(C)c1S(=O)(=O)N1CCCc2c(F)cc(F)cc21. The van der Waals surface area contributed by atoms with E-state index in [1.54, 1.807) is 0 Å². The Bertz CT molecular complexity index is 827.